The predicted molar refractivity (Wildman–Crippen MR) is 126 cm³/mol. The van der Waals surface area contributed by atoms with Crippen LogP contribution in [0.4, 0.5) is 0 Å². The topological polar surface area (TPSA) is 105 Å². The molecule has 0 N–H and O–H groups in total. The SMILES string of the molecule is COC1=C(CCCCCC2=C(OC)C(=O)C(SC)=C(OC)C2=O)C(=O)C(OC)=C(SC)C1=O. The maximum atomic E-state index is 12.8. The van der Waals surface area contributed by atoms with E-state index < -0.39 is 0 Å². The minimum Gasteiger partial charge on any atom is -0.492 e. The molecule has 2 aliphatic rings. The summed E-state index contributed by atoms with van der Waals surface area (Å²) in [6, 6.07) is 0. The molecule has 0 atom stereocenters. The second kappa shape index (κ2) is 12.1. The Morgan fingerprint density at radius 2 is 0.848 bits per heavy atom. The maximum Gasteiger partial charge on any atom is 0.238 e. The summed E-state index contributed by atoms with van der Waals surface area (Å²) in [5.41, 5.74) is 0.569. The van der Waals surface area contributed by atoms with Gasteiger partial charge in [0.05, 0.1) is 28.4 Å². The second-order valence-corrected chi connectivity index (χ2v) is 8.67. The van der Waals surface area contributed by atoms with Gasteiger partial charge in [0.2, 0.25) is 23.1 Å². The third-order valence-corrected chi connectivity index (χ3v) is 6.88. The van der Waals surface area contributed by atoms with E-state index in [1.807, 2.05) is 0 Å². The van der Waals surface area contributed by atoms with Crippen molar-refractivity contribution in [2.45, 2.75) is 32.1 Å². The third-order valence-electron chi connectivity index (χ3n) is 5.32. The van der Waals surface area contributed by atoms with Crippen LogP contribution in [0.2, 0.25) is 0 Å². The highest BCUT2D eigenvalue weighted by molar-refractivity contribution is 8.03. The van der Waals surface area contributed by atoms with Gasteiger partial charge in [0.25, 0.3) is 0 Å². The van der Waals surface area contributed by atoms with E-state index in [1.165, 1.54) is 28.4 Å². The molecule has 0 aromatic carbocycles. The number of allylic oxidation sites excluding steroid dienone is 4. The first kappa shape index (κ1) is 26.8. The van der Waals surface area contributed by atoms with Crippen LogP contribution < -0.4 is 0 Å². The summed E-state index contributed by atoms with van der Waals surface area (Å²) in [5, 5.41) is 0. The van der Waals surface area contributed by atoms with Gasteiger partial charge in [0.1, 0.15) is 9.81 Å². The fourth-order valence-electron chi connectivity index (χ4n) is 3.78. The van der Waals surface area contributed by atoms with Crippen molar-refractivity contribution in [1.29, 1.82) is 0 Å². The molecule has 33 heavy (non-hydrogen) atoms. The van der Waals surface area contributed by atoms with Crippen molar-refractivity contribution >= 4 is 46.7 Å². The molecule has 8 nitrogen and oxygen atoms in total. The van der Waals surface area contributed by atoms with Crippen molar-refractivity contribution in [3.63, 3.8) is 0 Å². The lowest BCUT2D eigenvalue weighted by Crippen LogP contribution is -2.25. The van der Waals surface area contributed by atoms with Crippen molar-refractivity contribution in [3.8, 4) is 0 Å². The van der Waals surface area contributed by atoms with Crippen LogP contribution in [-0.2, 0) is 38.1 Å². The number of unbranched alkanes of at least 4 members (excludes halogenated alkanes) is 2. The number of rotatable bonds is 12. The molecule has 0 aromatic rings. The van der Waals surface area contributed by atoms with Crippen LogP contribution in [0.5, 0.6) is 0 Å². The summed E-state index contributed by atoms with van der Waals surface area (Å²) in [5.74, 6) is -1.27. The number of hydrogen-bond acceptors (Lipinski definition) is 10. The van der Waals surface area contributed by atoms with E-state index in [0.29, 0.717) is 32.1 Å². The van der Waals surface area contributed by atoms with Gasteiger partial charge in [0, 0.05) is 11.1 Å². The standard InChI is InChI=1S/C23H28O8S2/c1-28-18-12(14(24)20(30-3)22(32-5)16(18)26)10-8-7-9-11-13-15(25)21(31-4)23(33-6)17(27)19(13)29-2/h7-11H2,1-6H3. The van der Waals surface area contributed by atoms with E-state index >= 15 is 0 Å². The molecule has 0 aromatic heterocycles. The molecule has 0 spiro atoms. The molecule has 2 rings (SSSR count). The summed E-state index contributed by atoms with van der Waals surface area (Å²) < 4.78 is 20.9. The van der Waals surface area contributed by atoms with E-state index in [0.717, 1.165) is 23.5 Å². The molecule has 0 heterocycles. The summed E-state index contributed by atoms with van der Waals surface area (Å²) in [6.45, 7) is 0. The molecule has 180 valence electrons. The fraction of sp³-hybridized carbons (Fsp3) is 0.478. The zero-order chi connectivity index (χ0) is 24.7. The van der Waals surface area contributed by atoms with Crippen LogP contribution in [0.25, 0.3) is 0 Å². The lowest BCUT2D eigenvalue weighted by Gasteiger charge is -2.21. The summed E-state index contributed by atoms with van der Waals surface area (Å²) in [4.78, 5) is 51.4. The van der Waals surface area contributed by atoms with Gasteiger partial charge in [0.15, 0.2) is 23.0 Å². The predicted octanol–water partition coefficient (Wildman–Crippen LogP) is 3.48. The summed E-state index contributed by atoms with van der Waals surface area (Å²) in [6.07, 6.45) is 5.85. The van der Waals surface area contributed by atoms with Gasteiger partial charge in [-0.3, -0.25) is 19.2 Å². The van der Waals surface area contributed by atoms with E-state index in [4.69, 9.17) is 18.9 Å². The molecular formula is C23H28O8S2. The van der Waals surface area contributed by atoms with Crippen LogP contribution in [-0.4, -0.2) is 64.1 Å². The number of carbonyl (C=O) groups excluding carboxylic acids is 4. The normalized spacial score (nSPS) is 17.4. The molecule has 0 radical (unpaired) electrons. The Kier molecular flexibility index (Phi) is 9.85. The molecule has 0 saturated heterocycles. The third kappa shape index (κ3) is 5.22. The number of hydrogen-bond donors (Lipinski definition) is 0. The van der Waals surface area contributed by atoms with Gasteiger partial charge in [-0.2, -0.15) is 0 Å². The maximum absolute atomic E-state index is 12.8. The number of ether oxygens (including phenoxy) is 4. The Hall–Kier alpha value is -2.46. The second-order valence-electron chi connectivity index (χ2n) is 7.03. The lowest BCUT2D eigenvalue weighted by molar-refractivity contribution is -0.120. The van der Waals surface area contributed by atoms with Crippen molar-refractivity contribution < 1.29 is 38.1 Å². The number of ketones is 4. The van der Waals surface area contributed by atoms with Gasteiger partial charge in [-0.15, -0.1) is 23.5 Å². The number of carbonyl (C=O) groups is 4. The van der Waals surface area contributed by atoms with E-state index in [2.05, 4.69) is 0 Å². The van der Waals surface area contributed by atoms with Gasteiger partial charge >= 0.3 is 0 Å². The zero-order valence-corrected chi connectivity index (χ0v) is 21.3. The highest BCUT2D eigenvalue weighted by Crippen LogP contribution is 2.35. The fourth-order valence-corrected chi connectivity index (χ4v) is 5.06. The van der Waals surface area contributed by atoms with Crippen molar-refractivity contribution in [2.24, 2.45) is 0 Å². The average Bonchev–Trinajstić information content (AvgIpc) is 2.81. The Morgan fingerprint density at radius 3 is 1.12 bits per heavy atom. The van der Waals surface area contributed by atoms with E-state index in [-0.39, 0.29) is 67.1 Å². The average molecular weight is 497 g/mol. The molecule has 0 bridgehead atoms. The Morgan fingerprint density at radius 1 is 0.515 bits per heavy atom. The molecular weight excluding hydrogens is 468 g/mol. The number of Topliss-reactive ketones (excluding diaryl/α,β-unsaturated/α-hetero) is 4. The first-order chi connectivity index (χ1) is 15.8. The van der Waals surface area contributed by atoms with Gasteiger partial charge in [-0.05, 0) is 38.2 Å². The van der Waals surface area contributed by atoms with Crippen LogP contribution >= 0.6 is 23.5 Å². The molecule has 0 amide bonds. The van der Waals surface area contributed by atoms with Gasteiger partial charge < -0.3 is 18.9 Å². The van der Waals surface area contributed by atoms with E-state index in [1.54, 1.807) is 12.5 Å². The molecule has 0 unspecified atom stereocenters. The zero-order valence-electron chi connectivity index (χ0n) is 19.6. The quantitative estimate of drug-likeness (QED) is 0.294. The first-order valence-corrected chi connectivity index (χ1v) is 12.6. The largest absolute Gasteiger partial charge is 0.492 e. The van der Waals surface area contributed by atoms with Crippen molar-refractivity contribution in [1.82, 2.24) is 0 Å². The van der Waals surface area contributed by atoms with Gasteiger partial charge in [-0.1, -0.05) is 6.42 Å². The highest BCUT2D eigenvalue weighted by Gasteiger charge is 2.37. The first-order valence-electron chi connectivity index (χ1n) is 10.2. The van der Waals surface area contributed by atoms with Crippen LogP contribution in [0.1, 0.15) is 32.1 Å². The Bertz CT molecular complexity index is 906. The minimum atomic E-state index is -0.360. The summed E-state index contributed by atoms with van der Waals surface area (Å²) in [7, 11) is 5.46. The smallest absolute Gasteiger partial charge is 0.238 e. The van der Waals surface area contributed by atoms with Gasteiger partial charge in [-0.25, -0.2) is 0 Å². The monoisotopic (exact) mass is 496 g/mol. The highest BCUT2D eigenvalue weighted by atomic mass is 32.2. The Labute approximate surface area is 201 Å². The molecule has 0 aliphatic heterocycles. The number of thioether (sulfide) groups is 2. The lowest BCUT2D eigenvalue weighted by atomic mass is 9.92. The van der Waals surface area contributed by atoms with Crippen LogP contribution in [0, 0.1) is 0 Å². The molecule has 0 fully saturated rings. The van der Waals surface area contributed by atoms with Crippen LogP contribution in [0.3, 0.4) is 0 Å². The number of methoxy groups -OCH3 is 4. The molecule has 10 heteroatoms. The minimum absolute atomic E-state index is 0.0352. The molecule has 2 aliphatic carbocycles. The summed E-state index contributed by atoms with van der Waals surface area (Å²) >= 11 is 2.29. The molecule has 0 saturated carbocycles. The van der Waals surface area contributed by atoms with Crippen molar-refractivity contribution in [2.75, 3.05) is 41.0 Å². The van der Waals surface area contributed by atoms with E-state index in [9.17, 15) is 19.2 Å². The van der Waals surface area contributed by atoms with Crippen LogP contribution in [0.15, 0.2) is 44.0 Å². The Balaban J connectivity index is 2.08. The van der Waals surface area contributed by atoms with Crippen molar-refractivity contribution in [3.05, 3.63) is 44.0 Å².